The van der Waals surface area contributed by atoms with Crippen LogP contribution in [-0.4, -0.2) is 42.7 Å². The Balaban J connectivity index is 1.75. The number of para-hydroxylation sites is 1. The highest BCUT2D eigenvalue weighted by Gasteiger charge is 2.20. The van der Waals surface area contributed by atoms with Gasteiger partial charge in [-0.3, -0.25) is 9.88 Å². The number of hydrogen-bond donors (Lipinski definition) is 0. The lowest BCUT2D eigenvalue weighted by atomic mass is 10.0. The predicted octanol–water partition coefficient (Wildman–Crippen LogP) is 4.88. The van der Waals surface area contributed by atoms with E-state index in [9.17, 15) is 4.79 Å². The molecule has 1 aromatic heterocycles. The van der Waals surface area contributed by atoms with Gasteiger partial charge in [-0.2, -0.15) is 0 Å². The van der Waals surface area contributed by atoms with Gasteiger partial charge in [0.05, 0.1) is 23.4 Å². The van der Waals surface area contributed by atoms with Gasteiger partial charge >= 0.3 is 5.97 Å². The number of rotatable bonds is 8. The second kappa shape index (κ2) is 9.72. The molecule has 0 aliphatic rings. The Morgan fingerprint density at radius 3 is 2.59 bits per heavy atom. The molecule has 152 valence electrons. The van der Waals surface area contributed by atoms with Crippen molar-refractivity contribution in [2.45, 2.75) is 20.4 Å². The number of halogens is 1. The molecular formula is C23H25ClN2O3. The van der Waals surface area contributed by atoms with Crippen molar-refractivity contribution in [3.8, 4) is 5.75 Å². The van der Waals surface area contributed by atoms with Crippen molar-refractivity contribution in [2.75, 3.05) is 26.8 Å². The number of aromatic nitrogens is 1. The topological polar surface area (TPSA) is 51.7 Å². The van der Waals surface area contributed by atoms with Gasteiger partial charge in [0.15, 0.2) is 0 Å². The lowest BCUT2D eigenvalue weighted by molar-refractivity contribution is 0.0522. The minimum Gasteiger partial charge on any atom is -0.492 e. The van der Waals surface area contributed by atoms with Crippen LogP contribution in [0.1, 0.15) is 28.5 Å². The standard InChI is InChI=1S/C23H25ClN2O3/c1-4-28-23(27)22-16(2)19-7-5-6-8-20(19)25-21(22)15-26(3)13-14-29-18-11-9-17(24)10-12-18/h5-12H,4,13-15H2,1-3H3. The summed E-state index contributed by atoms with van der Waals surface area (Å²) >= 11 is 5.89. The van der Waals surface area contributed by atoms with E-state index in [4.69, 9.17) is 26.1 Å². The first-order chi connectivity index (χ1) is 14.0. The molecule has 0 bridgehead atoms. The number of hydrogen-bond acceptors (Lipinski definition) is 5. The molecule has 3 rings (SSSR count). The molecule has 2 aromatic carbocycles. The SMILES string of the molecule is CCOC(=O)c1c(CN(C)CCOc2ccc(Cl)cc2)nc2ccccc2c1C. The summed E-state index contributed by atoms with van der Waals surface area (Å²) in [7, 11) is 1.98. The second-order valence-corrected chi connectivity index (χ2v) is 7.27. The monoisotopic (exact) mass is 412 g/mol. The van der Waals surface area contributed by atoms with Crippen LogP contribution >= 0.6 is 11.6 Å². The quantitative estimate of drug-likeness (QED) is 0.493. The molecule has 0 fully saturated rings. The first-order valence-corrected chi connectivity index (χ1v) is 9.99. The molecule has 0 N–H and O–H groups in total. The lowest BCUT2D eigenvalue weighted by Gasteiger charge is -2.20. The normalized spacial score (nSPS) is 11.1. The van der Waals surface area contributed by atoms with Gasteiger partial charge in [0, 0.05) is 23.5 Å². The molecule has 1 heterocycles. The highest BCUT2D eigenvalue weighted by molar-refractivity contribution is 6.30. The fourth-order valence-electron chi connectivity index (χ4n) is 3.21. The molecule has 29 heavy (non-hydrogen) atoms. The molecule has 0 spiro atoms. The van der Waals surface area contributed by atoms with E-state index < -0.39 is 0 Å². The van der Waals surface area contributed by atoms with Gasteiger partial charge in [-0.05, 0) is 56.8 Å². The molecule has 0 unspecified atom stereocenters. The number of esters is 1. The van der Waals surface area contributed by atoms with Crippen molar-refractivity contribution in [1.82, 2.24) is 9.88 Å². The van der Waals surface area contributed by atoms with Crippen LogP contribution in [0, 0.1) is 6.92 Å². The van der Waals surface area contributed by atoms with Crippen molar-refractivity contribution in [3.05, 3.63) is 70.4 Å². The van der Waals surface area contributed by atoms with Crippen molar-refractivity contribution in [1.29, 1.82) is 0 Å². The number of ether oxygens (including phenoxy) is 2. The van der Waals surface area contributed by atoms with Crippen LogP contribution < -0.4 is 4.74 Å². The van der Waals surface area contributed by atoms with Crippen LogP contribution in [0.25, 0.3) is 10.9 Å². The summed E-state index contributed by atoms with van der Waals surface area (Å²) in [5.41, 5.74) is 3.04. The molecule has 0 atom stereocenters. The molecule has 0 amide bonds. The Kier molecular flexibility index (Phi) is 7.07. The Bertz CT molecular complexity index is 989. The third kappa shape index (κ3) is 5.25. The van der Waals surface area contributed by atoms with Crippen LogP contribution in [0.3, 0.4) is 0 Å². The van der Waals surface area contributed by atoms with Gasteiger partial charge in [0.25, 0.3) is 0 Å². The Hall–Kier alpha value is -2.63. The summed E-state index contributed by atoms with van der Waals surface area (Å²) in [6.07, 6.45) is 0. The third-order valence-corrected chi connectivity index (χ3v) is 4.93. The smallest absolute Gasteiger partial charge is 0.340 e. The van der Waals surface area contributed by atoms with Crippen LogP contribution in [0.4, 0.5) is 0 Å². The molecule has 0 aliphatic carbocycles. The van der Waals surface area contributed by atoms with E-state index in [-0.39, 0.29) is 5.97 Å². The molecule has 0 saturated heterocycles. The lowest BCUT2D eigenvalue weighted by Crippen LogP contribution is -2.26. The summed E-state index contributed by atoms with van der Waals surface area (Å²) in [5, 5.41) is 1.65. The summed E-state index contributed by atoms with van der Waals surface area (Å²) in [5.74, 6) is 0.443. The Morgan fingerprint density at radius 1 is 1.14 bits per heavy atom. The van der Waals surface area contributed by atoms with Gasteiger partial charge < -0.3 is 9.47 Å². The molecule has 6 heteroatoms. The Labute approximate surface area is 176 Å². The first kappa shape index (κ1) is 21.1. The fourth-order valence-corrected chi connectivity index (χ4v) is 3.34. The van der Waals surface area contributed by atoms with E-state index in [1.165, 1.54) is 0 Å². The maximum atomic E-state index is 12.6. The number of nitrogens with zero attached hydrogens (tertiary/aromatic N) is 2. The van der Waals surface area contributed by atoms with E-state index in [1.807, 2.05) is 57.3 Å². The fraction of sp³-hybridized carbons (Fsp3) is 0.304. The van der Waals surface area contributed by atoms with Gasteiger partial charge in [0.2, 0.25) is 0 Å². The zero-order chi connectivity index (χ0) is 20.8. The molecule has 0 radical (unpaired) electrons. The predicted molar refractivity (Wildman–Crippen MR) is 116 cm³/mol. The van der Waals surface area contributed by atoms with Crippen LogP contribution in [0.5, 0.6) is 5.75 Å². The van der Waals surface area contributed by atoms with E-state index in [2.05, 4.69) is 4.90 Å². The first-order valence-electron chi connectivity index (χ1n) is 9.61. The number of carbonyl (C=O) groups excluding carboxylic acids is 1. The number of benzene rings is 2. The van der Waals surface area contributed by atoms with Crippen LogP contribution in [0.15, 0.2) is 48.5 Å². The third-order valence-electron chi connectivity index (χ3n) is 4.68. The zero-order valence-electron chi connectivity index (χ0n) is 16.9. The average Bonchev–Trinajstić information content (AvgIpc) is 2.70. The second-order valence-electron chi connectivity index (χ2n) is 6.84. The van der Waals surface area contributed by atoms with Gasteiger partial charge in [-0.15, -0.1) is 0 Å². The number of fused-ring (bicyclic) bond motifs is 1. The van der Waals surface area contributed by atoms with Crippen molar-refractivity contribution < 1.29 is 14.3 Å². The van der Waals surface area contributed by atoms with Gasteiger partial charge in [-0.1, -0.05) is 29.8 Å². The Morgan fingerprint density at radius 2 is 1.86 bits per heavy atom. The number of likely N-dealkylation sites (N-methyl/N-ethyl adjacent to an activating group) is 1. The van der Waals surface area contributed by atoms with E-state index in [1.54, 1.807) is 12.1 Å². The summed E-state index contributed by atoms with van der Waals surface area (Å²) in [6, 6.07) is 15.1. The number of carbonyl (C=O) groups is 1. The molecule has 0 aliphatic heterocycles. The highest BCUT2D eigenvalue weighted by atomic mass is 35.5. The molecule has 0 saturated carbocycles. The number of pyridine rings is 1. The summed E-state index contributed by atoms with van der Waals surface area (Å²) < 4.78 is 11.1. The van der Waals surface area contributed by atoms with E-state index in [0.717, 1.165) is 22.2 Å². The maximum absolute atomic E-state index is 12.6. The van der Waals surface area contributed by atoms with Gasteiger partial charge in [0.1, 0.15) is 12.4 Å². The summed E-state index contributed by atoms with van der Waals surface area (Å²) in [4.78, 5) is 19.5. The largest absolute Gasteiger partial charge is 0.492 e. The summed E-state index contributed by atoms with van der Waals surface area (Å²) in [6.45, 7) is 5.79. The minimum absolute atomic E-state index is 0.329. The molecule has 5 nitrogen and oxygen atoms in total. The van der Waals surface area contributed by atoms with Gasteiger partial charge in [-0.25, -0.2) is 4.79 Å². The maximum Gasteiger partial charge on any atom is 0.340 e. The molecular weight excluding hydrogens is 388 g/mol. The minimum atomic E-state index is -0.330. The number of aryl methyl sites for hydroxylation is 1. The zero-order valence-corrected chi connectivity index (χ0v) is 17.7. The van der Waals surface area contributed by atoms with Crippen molar-refractivity contribution in [2.24, 2.45) is 0 Å². The van der Waals surface area contributed by atoms with Crippen molar-refractivity contribution >= 4 is 28.5 Å². The van der Waals surface area contributed by atoms with Crippen molar-refractivity contribution in [3.63, 3.8) is 0 Å². The highest BCUT2D eigenvalue weighted by Crippen LogP contribution is 2.24. The van der Waals surface area contributed by atoms with E-state index in [0.29, 0.717) is 42.6 Å². The molecule has 3 aromatic rings. The van der Waals surface area contributed by atoms with Crippen LogP contribution in [0.2, 0.25) is 5.02 Å². The van der Waals surface area contributed by atoms with Crippen LogP contribution in [-0.2, 0) is 11.3 Å². The van der Waals surface area contributed by atoms with E-state index >= 15 is 0 Å². The average molecular weight is 413 g/mol.